The van der Waals surface area contributed by atoms with Crippen molar-refractivity contribution >= 4 is 32.5 Å². The van der Waals surface area contributed by atoms with Crippen LogP contribution < -0.4 is 5.32 Å². The van der Waals surface area contributed by atoms with E-state index in [0.29, 0.717) is 32.5 Å². The van der Waals surface area contributed by atoms with Gasteiger partial charge in [0.2, 0.25) is 15.9 Å². The van der Waals surface area contributed by atoms with Crippen LogP contribution in [0.15, 0.2) is 59.9 Å². The molecule has 0 atom stereocenters. The fourth-order valence-corrected chi connectivity index (χ4v) is 5.35. The summed E-state index contributed by atoms with van der Waals surface area (Å²) in [5, 5.41) is 4.04. The van der Waals surface area contributed by atoms with Gasteiger partial charge < -0.3 is 14.6 Å². The Balaban J connectivity index is 1.37. The standard InChI is InChI=1S/C22H26N4O4S/c1-30-14-13-25-10-6-18-15-19(4-5-21(18)25)24-22(27)17-7-11-26(12-8-17)31(28,29)20-3-2-9-23-16-20/h2-6,9-10,15-17H,7-8,11-14H2,1H3,(H,24,27). The maximum Gasteiger partial charge on any atom is 0.244 e. The molecule has 1 aliphatic rings. The summed E-state index contributed by atoms with van der Waals surface area (Å²) in [4.78, 5) is 16.8. The van der Waals surface area contributed by atoms with Gasteiger partial charge in [0.05, 0.1) is 6.61 Å². The Hall–Kier alpha value is -2.75. The number of fused-ring (bicyclic) bond motifs is 1. The molecular weight excluding hydrogens is 416 g/mol. The summed E-state index contributed by atoms with van der Waals surface area (Å²) in [6, 6.07) is 11.0. The monoisotopic (exact) mass is 442 g/mol. The predicted octanol–water partition coefficient (Wildman–Crippen LogP) is 2.72. The molecule has 2 aromatic heterocycles. The van der Waals surface area contributed by atoms with Crippen LogP contribution in [0.3, 0.4) is 0 Å². The van der Waals surface area contributed by atoms with Gasteiger partial charge in [-0.05, 0) is 49.2 Å². The van der Waals surface area contributed by atoms with Crippen molar-refractivity contribution in [2.24, 2.45) is 5.92 Å². The van der Waals surface area contributed by atoms with Gasteiger partial charge in [0.1, 0.15) is 4.90 Å². The number of nitrogens with zero attached hydrogens (tertiary/aromatic N) is 3. The molecule has 1 saturated heterocycles. The van der Waals surface area contributed by atoms with Crippen LogP contribution in [0.1, 0.15) is 12.8 Å². The van der Waals surface area contributed by atoms with E-state index in [4.69, 9.17) is 4.74 Å². The number of hydrogen-bond donors (Lipinski definition) is 1. The van der Waals surface area contributed by atoms with Gasteiger partial charge in [-0.2, -0.15) is 4.31 Å². The van der Waals surface area contributed by atoms with Gasteiger partial charge in [-0.15, -0.1) is 0 Å². The molecule has 0 bridgehead atoms. The Bertz CT molecular complexity index is 1150. The number of ether oxygens (including phenoxy) is 1. The number of hydrogen-bond acceptors (Lipinski definition) is 5. The van der Waals surface area contributed by atoms with E-state index in [0.717, 1.165) is 23.1 Å². The van der Waals surface area contributed by atoms with Crippen LogP contribution in [-0.4, -0.2) is 55.0 Å². The molecule has 3 aromatic rings. The van der Waals surface area contributed by atoms with E-state index in [-0.39, 0.29) is 16.7 Å². The van der Waals surface area contributed by atoms with E-state index in [9.17, 15) is 13.2 Å². The maximum absolute atomic E-state index is 12.8. The lowest BCUT2D eigenvalue weighted by atomic mass is 9.97. The molecular formula is C22H26N4O4S. The van der Waals surface area contributed by atoms with Gasteiger partial charge in [-0.25, -0.2) is 8.42 Å². The quantitative estimate of drug-likeness (QED) is 0.607. The highest BCUT2D eigenvalue weighted by Crippen LogP contribution is 2.26. The smallest absolute Gasteiger partial charge is 0.244 e. The first kappa shape index (κ1) is 21.5. The molecule has 3 heterocycles. The molecule has 1 fully saturated rings. The largest absolute Gasteiger partial charge is 0.383 e. The number of methoxy groups -OCH3 is 1. The third kappa shape index (κ3) is 4.63. The summed E-state index contributed by atoms with van der Waals surface area (Å²) in [7, 11) is -1.89. The first-order valence-corrected chi connectivity index (χ1v) is 11.7. The van der Waals surface area contributed by atoms with Crippen LogP contribution in [0.25, 0.3) is 10.9 Å². The number of aromatic nitrogens is 2. The Kier molecular flexibility index (Phi) is 6.35. The zero-order chi connectivity index (χ0) is 21.8. The number of benzene rings is 1. The molecule has 1 aromatic carbocycles. The lowest BCUT2D eigenvalue weighted by Crippen LogP contribution is -2.41. The third-order valence-corrected chi connectivity index (χ3v) is 7.55. The predicted molar refractivity (Wildman–Crippen MR) is 118 cm³/mol. The van der Waals surface area contributed by atoms with E-state index < -0.39 is 10.0 Å². The van der Waals surface area contributed by atoms with E-state index in [1.165, 1.54) is 10.5 Å². The van der Waals surface area contributed by atoms with Crippen molar-refractivity contribution in [3.63, 3.8) is 0 Å². The van der Waals surface area contributed by atoms with Gasteiger partial charge in [0.25, 0.3) is 0 Å². The Morgan fingerprint density at radius 2 is 2.03 bits per heavy atom. The Labute approximate surface area is 181 Å². The summed E-state index contributed by atoms with van der Waals surface area (Å²) in [6.07, 6.45) is 5.88. The highest BCUT2D eigenvalue weighted by molar-refractivity contribution is 7.89. The van der Waals surface area contributed by atoms with Crippen molar-refractivity contribution in [3.8, 4) is 0 Å². The van der Waals surface area contributed by atoms with E-state index >= 15 is 0 Å². The molecule has 1 N–H and O–H groups in total. The van der Waals surface area contributed by atoms with Crippen LogP contribution in [-0.2, 0) is 26.1 Å². The number of anilines is 1. The van der Waals surface area contributed by atoms with Crippen molar-refractivity contribution in [3.05, 3.63) is 55.0 Å². The molecule has 1 aliphatic heterocycles. The third-order valence-electron chi connectivity index (χ3n) is 5.67. The first-order valence-electron chi connectivity index (χ1n) is 10.3. The molecule has 0 saturated carbocycles. The summed E-state index contributed by atoms with van der Waals surface area (Å²) in [5.74, 6) is -0.293. The van der Waals surface area contributed by atoms with Gasteiger partial charge in [-0.1, -0.05) is 0 Å². The number of rotatable bonds is 7. The summed E-state index contributed by atoms with van der Waals surface area (Å²) in [5.41, 5.74) is 1.83. The van der Waals surface area contributed by atoms with Gasteiger partial charge >= 0.3 is 0 Å². The normalized spacial score (nSPS) is 15.9. The van der Waals surface area contributed by atoms with Crippen molar-refractivity contribution in [1.82, 2.24) is 13.9 Å². The Morgan fingerprint density at radius 3 is 2.74 bits per heavy atom. The second kappa shape index (κ2) is 9.17. The lowest BCUT2D eigenvalue weighted by molar-refractivity contribution is -0.120. The van der Waals surface area contributed by atoms with Gasteiger partial charge in [-0.3, -0.25) is 9.78 Å². The second-order valence-electron chi connectivity index (χ2n) is 7.63. The highest BCUT2D eigenvalue weighted by atomic mass is 32.2. The minimum Gasteiger partial charge on any atom is -0.383 e. The molecule has 9 heteroatoms. The van der Waals surface area contributed by atoms with Crippen molar-refractivity contribution in [2.75, 3.05) is 32.1 Å². The van der Waals surface area contributed by atoms with Crippen LogP contribution in [0, 0.1) is 5.92 Å². The number of carbonyl (C=O) groups is 1. The molecule has 31 heavy (non-hydrogen) atoms. The molecule has 8 nitrogen and oxygen atoms in total. The molecule has 164 valence electrons. The highest BCUT2D eigenvalue weighted by Gasteiger charge is 2.32. The topological polar surface area (TPSA) is 93.5 Å². The van der Waals surface area contributed by atoms with Crippen LogP contribution in [0.4, 0.5) is 5.69 Å². The van der Waals surface area contributed by atoms with Gasteiger partial charge in [0.15, 0.2) is 0 Å². The molecule has 0 spiro atoms. The molecule has 0 aliphatic carbocycles. The molecule has 0 unspecified atom stereocenters. The number of pyridine rings is 1. The summed E-state index contributed by atoms with van der Waals surface area (Å²) >= 11 is 0. The van der Waals surface area contributed by atoms with Crippen LogP contribution >= 0.6 is 0 Å². The van der Waals surface area contributed by atoms with Gasteiger partial charge in [0, 0.05) is 67.8 Å². The average Bonchev–Trinajstić information content (AvgIpc) is 3.20. The van der Waals surface area contributed by atoms with Crippen molar-refractivity contribution in [2.45, 2.75) is 24.3 Å². The fraction of sp³-hybridized carbons (Fsp3) is 0.364. The van der Waals surface area contributed by atoms with Crippen LogP contribution in [0.2, 0.25) is 0 Å². The number of carbonyl (C=O) groups excluding carboxylic acids is 1. The average molecular weight is 443 g/mol. The number of piperidine rings is 1. The SMILES string of the molecule is COCCn1ccc2cc(NC(=O)C3CCN(S(=O)(=O)c4cccnc4)CC3)ccc21. The van der Waals surface area contributed by atoms with Crippen molar-refractivity contribution in [1.29, 1.82) is 0 Å². The number of nitrogens with one attached hydrogen (secondary N) is 1. The minimum absolute atomic E-state index is 0.0726. The van der Waals surface area contributed by atoms with E-state index in [1.807, 2.05) is 30.5 Å². The minimum atomic E-state index is -3.57. The fourth-order valence-electron chi connectivity index (χ4n) is 3.91. The molecule has 1 amide bonds. The molecule has 0 radical (unpaired) electrons. The van der Waals surface area contributed by atoms with Crippen molar-refractivity contribution < 1.29 is 17.9 Å². The second-order valence-corrected chi connectivity index (χ2v) is 9.57. The molecule has 4 rings (SSSR count). The number of sulfonamides is 1. The lowest BCUT2D eigenvalue weighted by Gasteiger charge is -2.30. The summed E-state index contributed by atoms with van der Waals surface area (Å²) < 4.78 is 34.1. The van der Waals surface area contributed by atoms with Crippen LogP contribution in [0.5, 0.6) is 0 Å². The zero-order valence-corrected chi connectivity index (χ0v) is 18.2. The first-order chi connectivity index (χ1) is 15.0. The van der Waals surface area contributed by atoms with E-state index in [1.54, 1.807) is 25.4 Å². The van der Waals surface area contributed by atoms with E-state index in [2.05, 4.69) is 14.9 Å². The zero-order valence-electron chi connectivity index (χ0n) is 17.4. The Morgan fingerprint density at radius 1 is 1.23 bits per heavy atom. The summed E-state index contributed by atoms with van der Waals surface area (Å²) in [6.45, 7) is 2.04. The number of amides is 1. The maximum atomic E-state index is 12.8.